The van der Waals surface area contributed by atoms with Crippen LogP contribution in [0.4, 0.5) is 5.69 Å². The highest BCUT2D eigenvalue weighted by atomic mass is 32.2. The molecule has 0 aliphatic rings. The Bertz CT molecular complexity index is 1090. The number of ether oxygens (including phenoxy) is 1. The molecule has 6 nitrogen and oxygen atoms in total. The highest BCUT2D eigenvalue weighted by molar-refractivity contribution is 7.89. The highest BCUT2D eigenvalue weighted by Crippen LogP contribution is 2.17. The Hall–Kier alpha value is -3.16. The summed E-state index contributed by atoms with van der Waals surface area (Å²) in [7, 11) is -3.64. The van der Waals surface area contributed by atoms with Crippen LogP contribution in [0.2, 0.25) is 0 Å². The molecule has 0 saturated carbocycles. The molecule has 0 heterocycles. The molecule has 0 saturated heterocycles. The molecular formula is C23H24N2O4S. The fraction of sp³-hybridized carbons (Fsp3) is 0.174. The number of rotatable bonds is 8. The minimum Gasteiger partial charge on any atom is -0.484 e. The number of hydrogen-bond donors (Lipinski definition) is 2. The second-order valence-electron chi connectivity index (χ2n) is 6.99. The van der Waals surface area contributed by atoms with Gasteiger partial charge in [-0.2, -0.15) is 0 Å². The molecule has 2 N–H and O–H groups in total. The van der Waals surface area contributed by atoms with Crippen molar-refractivity contribution >= 4 is 21.6 Å². The van der Waals surface area contributed by atoms with Crippen LogP contribution in [-0.2, 0) is 21.4 Å². The number of carbonyl (C=O) groups is 1. The maximum Gasteiger partial charge on any atom is 0.262 e. The molecular weight excluding hydrogens is 400 g/mol. The van der Waals surface area contributed by atoms with Crippen LogP contribution in [0, 0.1) is 13.8 Å². The second kappa shape index (κ2) is 9.56. The van der Waals surface area contributed by atoms with Gasteiger partial charge >= 0.3 is 0 Å². The van der Waals surface area contributed by atoms with Crippen LogP contribution in [0.25, 0.3) is 0 Å². The number of benzene rings is 3. The van der Waals surface area contributed by atoms with Crippen molar-refractivity contribution in [1.82, 2.24) is 4.72 Å². The van der Waals surface area contributed by atoms with Crippen LogP contribution in [0.5, 0.6) is 5.75 Å². The fourth-order valence-corrected chi connectivity index (χ4v) is 3.98. The lowest BCUT2D eigenvalue weighted by Crippen LogP contribution is -2.23. The number of nitrogens with one attached hydrogen (secondary N) is 2. The van der Waals surface area contributed by atoms with E-state index in [1.807, 2.05) is 62.4 Å². The van der Waals surface area contributed by atoms with Crippen molar-refractivity contribution in [2.75, 3.05) is 11.9 Å². The standard InChI is InChI=1S/C23H24N2O4S/c1-17-12-18(2)14-20(13-17)25-23(26)16-29-21-8-10-22(11-9-21)30(27,28)24-15-19-6-4-3-5-7-19/h3-14,24H,15-16H2,1-2H3,(H,25,26). The topological polar surface area (TPSA) is 84.5 Å². The largest absolute Gasteiger partial charge is 0.484 e. The molecule has 1 amide bonds. The lowest BCUT2D eigenvalue weighted by atomic mass is 10.1. The highest BCUT2D eigenvalue weighted by Gasteiger charge is 2.14. The molecule has 0 aromatic heterocycles. The molecule has 7 heteroatoms. The van der Waals surface area contributed by atoms with E-state index in [4.69, 9.17) is 4.74 Å². The summed E-state index contributed by atoms with van der Waals surface area (Å²) in [4.78, 5) is 12.2. The number of amides is 1. The molecule has 0 atom stereocenters. The first-order valence-electron chi connectivity index (χ1n) is 9.46. The average molecular weight is 425 g/mol. The van der Waals surface area contributed by atoms with E-state index in [1.165, 1.54) is 24.3 Å². The summed E-state index contributed by atoms with van der Waals surface area (Å²) >= 11 is 0. The Labute approximate surface area is 177 Å². The van der Waals surface area contributed by atoms with Gasteiger partial charge in [-0.15, -0.1) is 0 Å². The monoisotopic (exact) mass is 424 g/mol. The third-order valence-corrected chi connectivity index (χ3v) is 5.74. The van der Waals surface area contributed by atoms with Gasteiger partial charge in [-0.1, -0.05) is 36.4 Å². The smallest absolute Gasteiger partial charge is 0.262 e. The third-order valence-electron chi connectivity index (χ3n) is 4.32. The van der Waals surface area contributed by atoms with Crippen LogP contribution < -0.4 is 14.8 Å². The van der Waals surface area contributed by atoms with Crippen molar-refractivity contribution in [3.8, 4) is 5.75 Å². The summed E-state index contributed by atoms with van der Waals surface area (Å²) in [5.41, 5.74) is 3.70. The summed E-state index contributed by atoms with van der Waals surface area (Å²) in [5, 5.41) is 2.79. The number of anilines is 1. The zero-order chi connectivity index (χ0) is 21.6. The molecule has 3 rings (SSSR count). The molecule has 0 aliphatic heterocycles. The van der Waals surface area contributed by atoms with Gasteiger partial charge in [0.2, 0.25) is 10.0 Å². The SMILES string of the molecule is Cc1cc(C)cc(NC(=O)COc2ccc(S(=O)(=O)NCc3ccccc3)cc2)c1. The molecule has 3 aromatic carbocycles. The van der Waals surface area contributed by atoms with Crippen LogP contribution in [0.15, 0.2) is 77.7 Å². The van der Waals surface area contributed by atoms with E-state index in [0.29, 0.717) is 11.4 Å². The van der Waals surface area contributed by atoms with E-state index in [9.17, 15) is 13.2 Å². The van der Waals surface area contributed by atoms with Crippen LogP contribution >= 0.6 is 0 Å². The molecule has 30 heavy (non-hydrogen) atoms. The van der Waals surface area contributed by atoms with Crippen LogP contribution in [0.3, 0.4) is 0 Å². The quantitative estimate of drug-likeness (QED) is 0.576. The molecule has 0 bridgehead atoms. The Morgan fingerprint density at radius 3 is 2.17 bits per heavy atom. The van der Waals surface area contributed by atoms with Crippen LogP contribution in [0.1, 0.15) is 16.7 Å². The molecule has 0 unspecified atom stereocenters. The summed E-state index contributed by atoms with van der Waals surface area (Å²) in [6.45, 7) is 3.96. The van der Waals surface area contributed by atoms with Crippen LogP contribution in [-0.4, -0.2) is 20.9 Å². The molecule has 0 spiro atoms. The van der Waals surface area contributed by atoms with Gasteiger partial charge in [-0.05, 0) is 66.9 Å². The fourth-order valence-electron chi connectivity index (χ4n) is 2.97. The molecule has 0 radical (unpaired) electrons. The Kier molecular flexibility index (Phi) is 6.87. The Balaban J connectivity index is 1.54. The number of sulfonamides is 1. The second-order valence-corrected chi connectivity index (χ2v) is 8.76. The van der Waals surface area contributed by atoms with Gasteiger partial charge < -0.3 is 10.1 Å². The van der Waals surface area contributed by atoms with Gasteiger partial charge in [-0.25, -0.2) is 13.1 Å². The van der Waals surface area contributed by atoms with Gasteiger partial charge in [0.1, 0.15) is 5.75 Å². The molecule has 3 aromatic rings. The van der Waals surface area contributed by atoms with E-state index in [1.54, 1.807) is 0 Å². The summed E-state index contributed by atoms with van der Waals surface area (Å²) in [6, 6.07) is 21.0. The zero-order valence-corrected chi connectivity index (χ0v) is 17.7. The summed E-state index contributed by atoms with van der Waals surface area (Å²) in [5.74, 6) is 0.119. The van der Waals surface area contributed by atoms with E-state index in [2.05, 4.69) is 10.0 Å². The normalized spacial score (nSPS) is 11.1. The summed E-state index contributed by atoms with van der Waals surface area (Å²) in [6.07, 6.45) is 0. The lowest BCUT2D eigenvalue weighted by Gasteiger charge is -2.10. The van der Waals surface area contributed by atoms with Crippen molar-refractivity contribution in [3.05, 3.63) is 89.5 Å². The van der Waals surface area contributed by atoms with E-state index in [0.717, 1.165) is 16.7 Å². The first kappa shape index (κ1) is 21.5. The zero-order valence-electron chi connectivity index (χ0n) is 16.9. The lowest BCUT2D eigenvalue weighted by molar-refractivity contribution is -0.118. The first-order chi connectivity index (χ1) is 14.3. The first-order valence-corrected chi connectivity index (χ1v) is 10.9. The minimum absolute atomic E-state index is 0.130. The van der Waals surface area contributed by atoms with Crippen molar-refractivity contribution in [1.29, 1.82) is 0 Å². The van der Waals surface area contributed by atoms with Gasteiger partial charge in [0.05, 0.1) is 4.90 Å². The van der Waals surface area contributed by atoms with E-state index >= 15 is 0 Å². The van der Waals surface area contributed by atoms with Crippen molar-refractivity contribution in [2.45, 2.75) is 25.3 Å². The predicted molar refractivity (Wildman–Crippen MR) is 117 cm³/mol. The maximum atomic E-state index is 12.4. The third kappa shape index (κ3) is 6.17. The van der Waals surface area contributed by atoms with Gasteiger partial charge in [0, 0.05) is 12.2 Å². The predicted octanol–water partition coefficient (Wildman–Crippen LogP) is 3.80. The number of aryl methyl sites for hydroxylation is 2. The number of hydrogen-bond acceptors (Lipinski definition) is 4. The van der Waals surface area contributed by atoms with Gasteiger partial charge in [0.15, 0.2) is 6.61 Å². The number of carbonyl (C=O) groups excluding carboxylic acids is 1. The van der Waals surface area contributed by atoms with Crippen molar-refractivity contribution in [3.63, 3.8) is 0 Å². The molecule has 0 fully saturated rings. The summed E-state index contributed by atoms with van der Waals surface area (Å²) < 4.78 is 32.9. The van der Waals surface area contributed by atoms with E-state index < -0.39 is 10.0 Å². The van der Waals surface area contributed by atoms with Crippen molar-refractivity contribution < 1.29 is 17.9 Å². The average Bonchev–Trinajstić information content (AvgIpc) is 2.71. The Morgan fingerprint density at radius 1 is 0.900 bits per heavy atom. The van der Waals surface area contributed by atoms with Gasteiger partial charge in [-0.3, -0.25) is 4.79 Å². The minimum atomic E-state index is -3.64. The maximum absolute atomic E-state index is 12.4. The van der Waals surface area contributed by atoms with E-state index in [-0.39, 0.29) is 24.0 Å². The molecule has 156 valence electrons. The van der Waals surface area contributed by atoms with Gasteiger partial charge in [0.25, 0.3) is 5.91 Å². The Morgan fingerprint density at radius 2 is 1.53 bits per heavy atom. The van der Waals surface area contributed by atoms with Crippen molar-refractivity contribution in [2.24, 2.45) is 0 Å². The molecule has 0 aliphatic carbocycles.